The van der Waals surface area contributed by atoms with E-state index < -0.39 is 5.63 Å². The number of fused-ring (bicyclic) bond motifs is 1. The van der Waals surface area contributed by atoms with Gasteiger partial charge >= 0.3 is 5.63 Å². The van der Waals surface area contributed by atoms with Crippen LogP contribution in [0.5, 0.6) is 5.75 Å². The van der Waals surface area contributed by atoms with Gasteiger partial charge in [-0.2, -0.15) is 0 Å². The van der Waals surface area contributed by atoms with Crippen molar-refractivity contribution < 1.29 is 18.3 Å². The van der Waals surface area contributed by atoms with Crippen molar-refractivity contribution in [3.63, 3.8) is 0 Å². The number of rotatable bonds is 5. The molecule has 2 aromatic carbocycles. The molecule has 2 heterocycles. The summed E-state index contributed by atoms with van der Waals surface area (Å²) in [5, 5.41) is 0.836. The normalized spacial score (nSPS) is 16.2. The largest absolute Gasteiger partial charge is 0.497 e. The average molecular weight is 409 g/mol. The van der Waals surface area contributed by atoms with Crippen molar-refractivity contribution in [2.75, 3.05) is 13.7 Å². The standard InChI is InChI=1S/C24H24FNO4/c1-15-19-10-9-18(29-2)14-22(19)30-24(28)20(15)11-12-23(27)26-13-3-4-21(26)16-5-7-17(25)8-6-16/h5-10,14,21H,3-4,11-13H2,1-2H3. The highest BCUT2D eigenvalue weighted by atomic mass is 19.1. The van der Waals surface area contributed by atoms with E-state index in [2.05, 4.69) is 0 Å². The summed E-state index contributed by atoms with van der Waals surface area (Å²) in [4.78, 5) is 27.3. The Balaban J connectivity index is 1.52. The summed E-state index contributed by atoms with van der Waals surface area (Å²) < 4.78 is 23.9. The Morgan fingerprint density at radius 1 is 1.23 bits per heavy atom. The Morgan fingerprint density at radius 2 is 2.00 bits per heavy atom. The molecule has 0 bridgehead atoms. The first-order valence-electron chi connectivity index (χ1n) is 10.1. The maximum atomic E-state index is 13.2. The van der Waals surface area contributed by atoms with Crippen LogP contribution in [0.2, 0.25) is 0 Å². The fourth-order valence-corrected chi connectivity index (χ4v) is 4.26. The first-order valence-corrected chi connectivity index (χ1v) is 10.1. The van der Waals surface area contributed by atoms with Crippen molar-refractivity contribution in [3.05, 3.63) is 75.4 Å². The van der Waals surface area contributed by atoms with Crippen LogP contribution < -0.4 is 10.4 Å². The topological polar surface area (TPSA) is 59.8 Å². The Morgan fingerprint density at radius 3 is 2.73 bits per heavy atom. The molecule has 1 saturated heterocycles. The molecule has 1 fully saturated rings. The number of benzene rings is 2. The quantitative estimate of drug-likeness (QED) is 0.580. The first kappa shape index (κ1) is 20.1. The molecule has 0 spiro atoms. The molecule has 156 valence electrons. The van der Waals surface area contributed by atoms with Gasteiger partial charge in [-0.15, -0.1) is 0 Å². The molecular formula is C24H24FNO4. The number of carbonyl (C=O) groups excluding carboxylic acids is 1. The zero-order valence-electron chi connectivity index (χ0n) is 17.1. The number of hydrogen-bond donors (Lipinski definition) is 0. The van der Waals surface area contributed by atoms with Gasteiger partial charge in [0.05, 0.1) is 13.2 Å². The van der Waals surface area contributed by atoms with Gasteiger partial charge < -0.3 is 14.1 Å². The molecule has 1 aliphatic heterocycles. The molecule has 1 unspecified atom stereocenters. The maximum Gasteiger partial charge on any atom is 0.339 e. The third kappa shape index (κ3) is 3.82. The molecule has 1 amide bonds. The van der Waals surface area contributed by atoms with Crippen molar-refractivity contribution in [1.82, 2.24) is 4.90 Å². The third-order valence-electron chi connectivity index (χ3n) is 5.91. The Kier molecular flexibility index (Phi) is 5.57. The van der Waals surface area contributed by atoms with Gasteiger partial charge in [-0.05, 0) is 61.6 Å². The molecule has 5 nitrogen and oxygen atoms in total. The van der Waals surface area contributed by atoms with E-state index in [1.165, 1.54) is 12.1 Å². The molecule has 1 aliphatic rings. The van der Waals surface area contributed by atoms with Crippen LogP contribution in [-0.4, -0.2) is 24.5 Å². The van der Waals surface area contributed by atoms with Crippen LogP contribution in [0.3, 0.4) is 0 Å². The Hall–Kier alpha value is -3.15. The molecule has 30 heavy (non-hydrogen) atoms. The summed E-state index contributed by atoms with van der Waals surface area (Å²) in [7, 11) is 1.56. The fourth-order valence-electron chi connectivity index (χ4n) is 4.26. The van der Waals surface area contributed by atoms with Crippen LogP contribution in [0, 0.1) is 12.7 Å². The van der Waals surface area contributed by atoms with Gasteiger partial charge in [0, 0.05) is 30.0 Å². The average Bonchev–Trinajstić information content (AvgIpc) is 3.23. The minimum Gasteiger partial charge on any atom is -0.497 e. The van der Waals surface area contributed by atoms with Crippen LogP contribution >= 0.6 is 0 Å². The van der Waals surface area contributed by atoms with Crippen molar-refractivity contribution >= 4 is 16.9 Å². The number of methoxy groups -OCH3 is 1. The van der Waals surface area contributed by atoms with Gasteiger partial charge in [0.2, 0.25) is 5.91 Å². The van der Waals surface area contributed by atoms with Crippen LogP contribution in [0.15, 0.2) is 51.7 Å². The summed E-state index contributed by atoms with van der Waals surface area (Å²) in [6.45, 7) is 2.55. The molecule has 3 aromatic rings. The molecule has 4 rings (SSSR count). The predicted octanol–water partition coefficient (Wildman–Crippen LogP) is 4.55. The molecule has 0 saturated carbocycles. The monoisotopic (exact) mass is 409 g/mol. The lowest BCUT2D eigenvalue weighted by Gasteiger charge is -2.25. The second-order valence-corrected chi connectivity index (χ2v) is 7.65. The summed E-state index contributed by atoms with van der Waals surface area (Å²) in [6, 6.07) is 11.7. The van der Waals surface area contributed by atoms with Crippen molar-refractivity contribution in [2.45, 2.75) is 38.6 Å². The highest BCUT2D eigenvalue weighted by Crippen LogP contribution is 2.33. The summed E-state index contributed by atoms with van der Waals surface area (Å²) in [5.41, 5.74) is 2.35. The predicted molar refractivity (Wildman–Crippen MR) is 112 cm³/mol. The number of nitrogens with zero attached hydrogens (tertiary/aromatic N) is 1. The first-order chi connectivity index (χ1) is 14.5. The van der Waals surface area contributed by atoms with Crippen molar-refractivity contribution in [3.8, 4) is 5.75 Å². The molecule has 0 radical (unpaired) electrons. The zero-order chi connectivity index (χ0) is 21.3. The van der Waals surface area contributed by atoms with Crippen LogP contribution in [-0.2, 0) is 11.2 Å². The molecule has 1 aromatic heterocycles. The van der Waals surface area contributed by atoms with E-state index in [0.29, 0.717) is 29.9 Å². The van der Waals surface area contributed by atoms with Crippen LogP contribution in [0.25, 0.3) is 11.0 Å². The van der Waals surface area contributed by atoms with Crippen molar-refractivity contribution in [2.24, 2.45) is 0 Å². The van der Waals surface area contributed by atoms with Crippen LogP contribution in [0.1, 0.15) is 42.0 Å². The fraction of sp³-hybridized carbons (Fsp3) is 0.333. The van der Waals surface area contributed by atoms with Gasteiger partial charge in [-0.3, -0.25) is 4.79 Å². The van der Waals surface area contributed by atoms with E-state index >= 15 is 0 Å². The number of halogens is 1. The van der Waals surface area contributed by atoms with E-state index in [1.54, 1.807) is 25.3 Å². The van der Waals surface area contributed by atoms with Crippen molar-refractivity contribution in [1.29, 1.82) is 0 Å². The number of carbonyl (C=O) groups is 1. The maximum absolute atomic E-state index is 13.2. The highest BCUT2D eigenvalue weighted by molar-refractivity contribution is 5.83. The van der Waals surface area contributed by atoms with Gasteiger partial charge in [-0.1, -0.05) is 12.1 Å². The molecule has 0 N–H and O–H groups in total. The summed E-state index contributed by atoms with van der Waals surface area (Å²) in [5.74, 6) is 0.329. The number of likely N-dealkylation sites (tertiary alicyclic amines) is 1. The van der Waals surface area contributed by atoms with Gasteiger partial charge in [-0.25, -0.2) is 9.18 Å². The third-order valence-corrected chi connectivity index (χ3v) is 5.91. The SMILES string of the molecule is COc1ccc2c(C)c(CCC(=O)N3CCCC3c3ccc(F)cc3)c(=O)oc2c1. The lowest BCUT2D eigenvalue weighted by Crippen LogP contribution is -2.31. The molecule has 0 aliphatic carbocycles. The zero-order valence-corrected chi connectivity index (χ0v) is 17.1. The van der Waals surface area contributed by atoms with E-state index in [4.69, 9.17) is 9.15 Å². The minimum absolute atomic E-state index is 0.00421. The smallest absolute Gasteiger partial charge is 0.339 e. The minimum atomic E-state index is -0.419. The lowest BCUT2D eigenvalue weighted by molar-refractivity contribution is -0.132. The van der Waals surface area contributed by atoms with Crippen LogP contribution in [0.4, 0.5) is 4.39 Å². The Labute approximate surface area is 174 Å². The van der Waals surface area contributed by atoms with E-state index in [0.717, 1.165) is 29.4 Å². The van der Waals surface area contributed by atoms with Gasteiger partial charge in [0.15, 0.2) is 0 Å². The Bertz CT molecular complexity index is 1140. The number of hydrogen-bond acceptors (Lipinski definition) is 4. The number of amides is 1. The van der Waals surface area contributed by atoms with Gasteiger partial charge in [0.25, 0.3) is 0 Å². The van der Waals surface area contributed by atoms with E-state index in [-0.39, 0.29) is 24.2 Å². The van der Waals surface area contributed by atoms with E-state index in [1.807, 2.05) is 24.0 Å². The molecule has 1 atom stereocenters. The highest BCUT2D eigenvalue weighted by Gasteiger charge is 2.30. The van der Waals surface area contributed by atoms with E-state index in [9.17, 15) is 14.0 Å². The summed E-state index contributed by atoms with van der Waals surface area (Å²) in [6.07, 6.45) is 2.32. The second-order valence-electron chi connectivity index (χ2n) is 7.65. The summed E-state index contributed by atoms with van der Waals surface area (Å²) >= 11 is 0. The number of ether oxygens (including phenoxy) is 1. The lowest BCUT2D eigenvalue weighted by atomic mass is 10.0. The number of aryl methyl sites for hydroxylation is 1. The molecule has 6 heteroatoms. The molecular weight excluding hydrogens is 385 g/mol. The van der Waals surface area contributed by atoms with Gasteiger partial charge in [0.1, 0.15) is 17.1 Å². The second kappa shape index (κ2) is 8.30.